The highest BCUT2D eigenvalue weighted by Crippen LogP contribution is 2.20. The second kappa shape index (κ2) is 5.54. The normalized spacial score (nSPS) is 17.2. The SMILES string of the molecule is Cc1nn(C)c(C)c1CC(NN)C1=CCCCO1. The summed E-state index contributed by atoms with van der Waals surface area (Å²) in [6.07, 6.45) is 5.10. The number of aromatic nitrogens is 2. The first-order valence-corrected chi connectivity index (χ1v) is 6.41. The van der Waals surface area contributed by atoms with E-state index >= 15 is 0 Å². The molecule has 2 heterocycles. The summed E-state index contributed by atoms with van der Waals surface area (Å²) in [5.74, 6) is 6.62. The van der Waals surface area contributed by atoms with Crippen molar-refractivity contribution in [2.45, 2.75) is 39.2 Å². The topological polar surface area (TPSA) is 65.1 Å². The van der Waals surface area contributed by atoms with Gasteiger partial charge in [0.15, 0.2) is 0 Å². The van der Waals surface area contributed by atoms with E-state index in [1.807, 2.05) is 18.7 Å². The second-order valence-electron chi connectivity index (χ2n) is 4.79. The minimum Gasteiger partial charge on any atom is -0.497 e. The molecule has 1 aromatic rings. The second-order valence-corrected chi connectivity index (χ2v) is 4.79. The Hall–Kier alpha value is -1.33. The highest BCUT2D eigenvalue weighted by Gasteiger charge is 2.20. The monoisotopic (exact) mass is 250 g/mol. The largest absolute Gasteiger partial charge is 0.497 e. The summed E-state index contributed by atoms with van der Waals surface area (Å²) >= 11 is 0. The smallest absolute Gasteiger partial charge is 0.111 e. The maximum atomic E-state index is 5.68. The summed E-state index contributed by atoms with van der Waals surface area (Å²) < 4.78 is 7.59. The van der Waals surface area contributed by atoms with Crippen molar-refractivity contribution in [1.82, 2.24) is 15.2 Å². The molecule has 0 fully saturated rings. The molecule has 0 saturated heterocycles. The van der Waals surface area contributed by atoms with Gasteiger partial charge in [0, 0.05) is 12.7 Å². The fraction of sp³-hybridized carbons (Fsp3) is 0.615. The number of rotatable bonds is 4. The first-order chi connectivity index (χ1) is 8.63. The van der Waals surface area contributed by atoms with Crippen molar-refractivity contribution in [1.29, 1.82) is 0 Å². The van der Waals surface area contributed by atoms with Gasteiger partial charge in [-0.25, -0.2) is 5.43 Å². The molecule has 100 valence electrons. The lowest BCUT2D eigenvalue weighted by molar-refractivity contribution is 0.167. The van der Waals surface area contributed by atoms with Gasteiger partial charge in [-0.1, -0.05) is 0 Å². The van der Waals surface area contributed by atoms with Gasteiger partial charge in [-0.3, -0.25) is 10.5 Å². The molecule has 5 heteroatoms. The van der Waals surface area contributed by atoms with E-state index in [2.05, 4.69) is 23.5 Å². The molecule has 1 aliphatic rings. The number of nitrogens with two attached hydrogens (primary N) is 1. The van der Waals surface area contributed by atoms with E-state index in [4.69, 9.17) is 10.6 Å². The third-order valence-electron chi connectivity index (χ3n) is 3.57. The molecule has 1 aromatic heterocycles. The summed E-state index contributed by atoms with van der Waals surface area (Å²) in [5, 5.41) is 4.43. The highest BCUT2D eigenvalue weighted by atomic mass is 16.5. The lowest BCUT2D eigenvalue weighted by Crippen LogP contribution is -2.39. The van der Waals surface area contributed by atoms with Crippen LogP contribution >= 0.6 is 0 Å². The molecule has 0 bridgehead atoms. The Morgan fingerprint density at radius 2 is 2.33 bits per heavy atom. The first-order valence-electron chi connectivity index (χ1n) is 6.41. The van der Waals surface area contributed by atoms with Gasteiger partial charge in [-0.2, -0.15) is 5.10 Å². The predicted octanol–water partition coefficient (Wildman–Crippen LogP) is 1.11. The number of allylic oxidation sites excluding steroid dienone is 1. The van der Waals surface area contributed by atoms with Crippen molar-refractivity contribution in [3.63, 3.8) is 0 Å². The molecular weight excluding hydrogens is 228 g/mol. The summed E-state index contributed by atoms with van der Waals surface area (Å²) in [4.78, 5) is 0. The number of aryl methyl sites for hydroxylation is 2. The highest BCUT2D eigenvalue weighted by molar-refractivity contribution is 5.27. The summed E-state index contributed by atoms with van der Waals surface area (Å²) in [5.41, 5.74) is 6.35. The Balaban J connectivity index is 2.17. The van der Waals surface area contributed by atoms with Crippen LogP contribution in [0.3, 0.4) is 0 Å². The van der Waals surface area contributed by atoms with Crippen LogP contribution in [0.25, 0.3) is 0 Å². The fourth-order valence-corrected chi connectivity index (χ4v) is 2.38. The fourth-order valence-electron chi connectivity index (χ4n) is 2.38. The number of hydrogen-bond acceptors (Lipinski definition) is 4. The Morgan fingerprint density at radius 1 is 1.56 bits per heavy atom. The molecule has 0 amide bonds. The van der Waals surface area contributed by atoms with Crippen molar-refractivity contribution in [2.75, 3.05) is 6.61 Å². The molecule has 0 spiro atoms. The van der Waals surface area contributed by atoms with Crippen LogP contribution < -0.4 is 11.3 Å². The van der Waals surface area contributed by atoms with Crippen molar-refractivity contribution < 1.29 is 4.74 Å². The first kappa shape index (κ1) is 13.1. The van der Waals surface area contributed by atoms with Gasteiger partial charge in [-0.15, -0.1) is 0 Å². The molecular formula is C13H22N4O. The molecule has 3 N–H and O–H groups in total. The zero-order valence-electron chi connectivity index (χ0n) is 11.4. The average molecular weight is 250 g/mol. The summed E-state index contributed by atoms with van der Waals surface area (Å²) in [6.45, 7) is 4.90. The van der Waals surface area contributed by atoms with E-state index in [1.165, 1.54) is 11.3 Å². The summed E-state index contributed by atoms with van der Waals surface area (Å²) in [6, 6.07) is 0.0342. The van der Waals surface area contributed by atoms with Crippen LogP contribution in [0, 0.1) is 13.8 Å². The van der Waals surface area contributed by atoms with Crippen molar-refractivity contribution in [3.05, 3.63) is 28.8 Å². The zero-order valence-corrected chi connectivity index (χ0v) is 11.4. The Morgan fingerprint density at radius 3 is 2.83 bits per heavy atom. The molecule has 1 aliphatic heterocycles. The molecule has 18 heavy (non-hydrogen) atoms. The van der Waals surface area contributed by atoms with Gasteiger partial charge in [0.2, 0.25) is 0 Å². The van der Waals surface area contributed by atoms with E-state index in [0.717, 1.165) is 37.3 Å². The van der Waals surface area contributed by atoms with Crippen LogP contribution in [-0.2, 0) is 18.2 Å². The average Bonchev–Trinajstić information content (AvgIpc) is 2.62. The van der Waals surface area contributed by atoms with E-state index < -0.39 is 0 Å². The number of ether oxygens (including phenoxy) is 1. The summed E-state index contributed by atoms with van der Waals surface area (Å²) in [7, 11) is 1.97. The van der Waals surface area contributed by atoms with Gasteiger partial charge >= 0.3 is 0 Å². The maximum absolute atomic E-state index is 5.68. The quantitative estimate of drug-likeness (QED) is 0.620. The molecule has 0 radical (unpaired) electrons. The molecule has 0 aromatic carbocycles. The van der Waals surface area contributed by atoms with Gasteiger partial charge in [0.1, 0.15) is 5.76 Å². The minimum absolute atomic E-state index is 0.0342. The lowest BCUT2D eigenvalue weighted by atomic mass is 10.0. The van der Waals surface area contributed by atoms with E-state index in [9.17, 15) is 0 Å². The Kier molecular flexibility index (Phi) is 4.04. The van der Waals surface area contributed by atoms with Crippen molar-refractivity contribution >= 4 is 0 Å². The van der Waals surface area contributed by atoms with Crippen LogP contribution in [0.15, 0.2) is 11.8 Å². The molecule has 1 unspecified atom stereocenters. The van der Waals surface area contributed by atoms with Gasteiger partial charge < -0.3 is 4.74 Å². The third-order valence-corrected chi connectivity index (χ3v) is 3.57. The van der Waals surface area contributed by atoms with Crippen molar-refractivity contribution in [2.24, 2.45) is 12.9 Å². The van der Waals surface area contributed by atoms with Crippen LogP contribution in [0.1, 0.15) is 29.8 Å². The Bertz CT molecular complexity index is 450. The van der Waals surface area contributed by atoms with Crippen LogP contribution in [0.2, 0.25) is 0 Å². The van der Waals surface area contributed by atoms with Crippen molar-refractivity contribution in [3.8, 4) is 0 Å². The molecule has 0 saturated carbocycles. The molecule has 0 aliphatic carbocycles. The number of nitrogens with zero attached hydrogens (tertiary/aromatic N) is 2. The molecule has 2 rings (SSSR count). The molecule has 5 nitrogen and oxygen atoms in total. The maximum Gasteiger partial charge on any atom is 0.111 e. The van der Waals surface area contributed by atoms with E-state index in [-0.39, 0.29) is 6.04 Å². The molecule has 1 atom stereocenters. The number of hydrogen-bond donors (Lipinski definition) is 2. The van der Waals surface area contributed by atoms with E-state index in [0.29, 0.717) is 0 Å². The standard InChI is InChI=1S/C13H22N4O/c1-9-11(10(2)17(3)16-9)8-12(15-14)13-6-4-5-7-18-13/h6,12,15H,4-5,7-8,14H2,1-3H3. The van der Waals surface area contributed by atoms with E-state index in [1.54, 1.807) is 0 Å². The lowest BCUT2D eigenvalue weighted by Gasteiger charge is -2.23. The van der Waals surface area contributed by atoms with Gasteiger partial charge in [0.25, 0.3) is 0 Å². The minimum atomic E-state index is 0.0342. The Labute approximate surface area is 108 Å². The number of nitrogens with one attached hydrogen (secondary N) is 1. The predicted molar refractivity (Wildman–Crippen MR) is 70.8 cm³/mol. The van der Waals surface area contributed by atoms with Crippen LogP contribution in [0.4, 0.5) is 0 Å². The van der Waals surface area contributed by atoms with Gasteiger partial charge in [-0.05, 0) is 44.7 Å². The third kappa shape index (κ3) is 2.57. The van der Waals surface area contributed by atoms with Gasteiger partial charge in [0.05, 0.1) is 18.3 Å². The van der Waals surface area contributed by atoms with Crippen LogP contribution in [-0.4, -0.2) is 22.4 Å². The van der Waals surface area contributed by atoms with Crippen LogP contribution in [0.5, 0.6) is 0 Å². The number of hydrazine groups is 1. The zero-order chi connectivity index (χ0) is 13.1.